The molecule has 17 nitrogen and oxygen atoms in total. The SMILES string of the molecule is CCCCCCCCCCCCCCCCCCCCCCCC(=O)O[C@H](COC(=O)CCCCCCCCCCCCCCCCCCCCCC)COP(=O)(O)OC[C@@H](O)COP(=O)(O)OC[C@@H](COC(=O)CCCCCCCCCC)OC(=O)CCCCCCCCCC. The fourth-order valence-electron chi connectivity index (χ4n) is 12.1. The average molecular weight is 1420 g/mol. The van der Waals surface area contributed by atoms with Crippen LogP contribution in [0.2, 0.25) is 0 Å². The summed E-state index contributed by atoms with van der Waals surface area (Å²) in [5.41, 5.74) is 0. The quantitative estimate of drug-likeness (QED) is 0.0222. The number of ether oxygens (including phenoxy) is 4. The predicted molar refractivity (Wildman–Crippen MR) is 395 cm³/mol. The van der Waals surface area contributed by atoms with Crippen molar-refractivity contribution in [2.75, 3.05) is 39.6 Å². The highest BCUT2D eigenvalue weighted by atomic mass is 31.2. The van der Waals surface area contributed by atoms with Gasteiger partial charge in [0.1, 0.15) is 19.3 Å². The molecule has 0 aromatic heterocycles. The number of hydrogen-bond donors (Lipinski definition) is 3. The van der Waals surface area contributed by atoms with Crippen molar-refractivity contribution in [1.29, 1.82) is 0 Å². The molecule has 0 saturated carbocycles. The molecule has 0 bridgehead atoms. The lowest BCUT2D eigenvalue weighted by Gasteiger charge is -2.21. The average Bonchev–Trinajstić information content (AvgIpc) is 1.05. The van der Waals surface area contributed by atoms with Crippen LogP contribution in [0.4, 0.5) is 0 Å². The molecule has 0 spiro atoms. The van der Waals surface area contributed by atoms with Gasteiger partial charge in [-0.3, -0.25) is 37.3 Å². The van der Waals surface area contributed by atoms with E-state index in [1.54, 1.807) is 0 Å². The first-order chi connectivity index (χ1) is 47.2. The monoisotopic (exact) mass is 1420 g/mol. The van der Waals surface area contributed by atoms with Gasteiger partial charge in [0.2, 0.25) is 0 Å². The molecule has 5 atom stereocenters. The van der Waals surface area contributed by atoms with Crippen molar-refractivity contribution in [1.82, 2.24) is 0 Å². The van der Waals surface area contributed by atoms with E-state index in [-0.39, 0.29) is 25.7 Å². The van der Waals surface area contributed by atoms with Gasteiger partial charge in [-0.1, -0.05) is 368 Å². The van der Waals surface area contributed by atoms with Crippen molar-refractivity contribution < 1.29 is 80.2 Å². The van der Waals surface area contributed by atoms with Gasteiger partial charge in [-0.05, 0) is 25.7 Å². The Morgan fingerprint density at radius 2 is 0.412 bits per heavy atom. The molecule has 0 aliphatic rings. The highest BCUT2D eigenvalue weighted by Crippen LogP contribution is 2.45. The third-order valence-electron chi connectivity index (χ3n) is 18.4. The van der Waals surface area contributed by atoms with E-state index in [9.17, 15) is 43.2 Å². The standard InChI is InChI=1S/C78H152O17P2/c1-5-9-13-17-21-25-27-29-31-33-35-37-39-41-43-45-47-49-53-57-61-65-78(83)95-74(69-89-76(81)63-59-55-52-48-46-44-42-40-38-36-34-32-30-28-26-22-18-14-10-6-2)71-93-97(86,87)91-67-72(79)66-90-96(84,85)92-70-73(94-77(82)64-60-56-51-24-20-16-12-8-4)68-88-75(80)62-58-54-50-23-19-15-11-7-3/h72-74,79H,5-71H2,1-4H3,(H,84,85)(H,86,87)/t72-,73+,74+/m0/s1. The molecule has 0 aliphatic heterocycles. The third-order valence-corrected chi connectivity index (χ3v) is 20.3. The van der Waals surface area contributed by atoms with E-state index in [2.05, 4.69) is 27.7 Å². The summed E-state index contributed by atoms with van der Waals surface area (Å²) in [5.74, 6) is -2.12. The predicted octanol–water partition coefficient (Wildman–Crippen LogP) is 23.4. The van der Waals surface area contributed by atoms with Gasteiger partial charge in [0.05, 0.1) is 26.4 Å². The summed E-state index contributed by atoms with van der Waals surface area (Å²) in [6.07, 6.45) is 64.3. The summed E-state index contributed by atoms with van der Waals surface area (Å²) in [6.45, 7) is 4.93. The molecular formula is C78H152O17P2. The van der Waals surface area contributed by atoms with Crippen LogP contribution in [0.5, 0.6) is 0 Å². The Kier molecular flexibility index (Phi) is 71.0. The van der Waals surface area contributed by atoms with Crippen molar-refractivity contribution in [2.45, 2.75) is 438 Å². The highest BCUT2D eigenvalue weighted by Gasteiger charge is 2.30. The van der Waals surface area contributed by atoms with Crippen molar-refractivity contribution in [2.24, 2.45) is 0 Å². The Bertz CT molecular complexity index is 1840. The van der Waals surface area contributed by atoms with Crippen molar-refractivity contribution in [3.8, 4) is 0 Å². The summed E-state index contributed by atoms with van der Waals surface area (Å²) in [7, 11) is -9.90. The maximum absolute atomic E-state index is 13.1. The minimum absolute atomic E-state index is 0.105. The molecule has 0 aromatic carbocycles. The normalized spacial score (nSPS) is 13.8. The zero-order valence-electron chi connectivity index (χ0n) is 63.1. The molecule has 3 N–H and O–H groups in total. The zero-order chi connectivity index (χ0) is 71.1. The van der Waals surface area contributed by atoms with Crippen LogP contribution >= 0.6 is 15.6 Å². The first-order valence-electron chi connectivity index (χ1n) is 40.8. The number of esters is 4. The van der Waals surface area contributed by atoms with Gasteiger partial charge in [0.15, 0.2) is 12.2 Å². The molecule has 0 saturated heterocycles. The van der Waals surface area contributed by atoms with Crippen LogP contribution < -0.4 is 0 Å². The molecule has 0 amide bonds. The number of phosphoric ester groups is 2. The molecular weight excluding hydrogens is 1270 g/mol. The van der Waals surface area contributed by atoms with Gasteiger partial charge < -0.3 is 33.8 Å². The fraction of sp³-hybridized carbons (Fsp3) is 0.949. The zero-order valence-corrected chi connectivity index (χ0v) is 64.8. The molecule has 2 unspecified atom stereocenters. The first-order valence-corrected chi connectivity index (χ1v) is 43.8. The van der Waals surface area contributed by atoms with Crippen LogP contribution in [0.1, 0.15) is 419 Å². The van der Waals surface area contributed by atoms with Gasteiger partial charge in [0, 0.05) is 25.7 Å². The van der Waals surface area contributed by atoms with Crippen LogP contribution in [0.15, 0.2) is 0 Å². The first kappa shape index (κ1) is 95.1. The molecule has 19 heteroatoms. The second-order valence-electron chi connectivity index (χ2n) is 28.1. The third kappa shape index (κ3) is 72.2. The minimum Gasteiger partial charge on any atom is -0.462 e. The van der Waals surface area contributed by atoms with Gasteiger partial charge in [0.25, 0.3) is 0 Å². The van der Waals surface area contributed by atoms with E-state index in [0.717, 1.165) is 103 Å². The smallest absolute Gasteiger partial charge is 0.462 e. The van der Waals surface area contributed by atoms with Crippen LogP contribution in [-0.4, -0.2) is 96.7 Å². The van der Waals surface area contributed by atoms with Crippen molar-refractivity contribution in [3.05, 3.63) is 0 Å². The van der Waals surface area contributed by atoms with Crippen LogP contribution in [0.25, 0.3) is 0 Å². The van der Waals surface area contributed by atoms with Gasteiger partial charge in [-0.15, -0.1) is 0 Å². The van der Waals surface area contributed by atoms with Crippen LogP contribution in [0.3, 0.4) is 0 Å². The van der Waals surface area contributed by atoms with Gasteiger partial charge >= 0.3 is 39.5 Å². The Labute approximate surface area is 594 Å². The molecule has 0 aliphatic carbocycles. The molecule has 0 rings (SSSR count). The van der Waals surface area contributed by atoms with Crippen LogP contribution in [-0.2, 0) is 65.4 Å². The number of hydrogen-bond acceptors (Lipinski definition) is 15. The van der Waals surface area contributed by atoms with E-state index < -0.39 is 97.5 Å². The molecule has 0 radical (unpaired) electrons. The van der Waals surface area contributed by atoms with Crippen LogP contribution in [0, 0.1) is 0 Å². The number of rotatable bonds is 79. The largest absolute Gasteiger partial charge is 0.472 e. The van der Waals surface area contributed by atoms with E-state index >= 15 is 0 Å². The molecule has 0 fully saturated rings. The lowest BCUT2D eigenvalue weighted by Crippen LogP contribution is -2.30. The van der Waals surface area contributed by atoms with Gasteiger partial charge in [-0.25, -0.2) is 9.13 Å². The Morgan fingerprint density at radius 3 is 0.608 bits per heavy atom. The number of carbonyl (C=O) groups excluding carboxylic acids is 4. The maximum Gasteiger partial charge on any atom is 0.472 e. The van der Waals surface area contributed by atoms with E-state index in [0.29, 0.717) is 25.7 Å². The summed E-state index contributed by atoms with van der Waals surface area (Å²) in [6, 6.07) is 0. The summed E-state index contributed by atoms with van der Waals surface area (Å²) in [4.78, 5) is 72.6. The minimum atomic E-state index is -4.96. The maximum atomic E-state index is 13.1. The lowest BCUT2D eigenvalue weighted by molar-refractivity contribution is -0.161. The van der Waals surface area contributed by atoms with E-state index in [4.69, 9.17) is 37.0 Å². The second kappa shape index (κ2) is 72.4. The number of carbonyl (C=O) groups is 4. The summed E-state index contributed by atoms with van der Waals surface area (Å²) >= 11 is 0. The van der Waals surface area contributed by atoms with E-state index in [1.165, 1.54) is 238 Å². The fourth-order valence-corrected chi connectivity index (χ4v) is 13.7. The highest BCUT2D eigenvalue weighted by molar-refractivity contribution is 7.47. The number of aliphatic hydroxyl groups is 1. The Morgan fingerprint density at radius 1 is 0.247 bits per heavy atom. The molecule has 576 valence electrons. The molecule has 97 heavy (non-hydrogen) atoms. The summed E-state index contributed by atoms with van der Waals surface area (Å²) in [5, 5.41) is 10.6. The number of unbranched alkanes of at least 4 members (excludes halogenated alkanes) is 53. The van der Waals surface area contributed by atoms with E-state index in [1.807, 2.05) is 0 Å². The number of aliphatic hydroxyl groups excluding tert-OH is 1. The molecule has 0 heterocycles. The Hall–Kier alpha value is -1.94. The lowest BCUT2D eigenvalue weighted by atomic mass is 10.0. The summed E-state index contributed by atoms with van der Waals surface area (Å²) < 4.78 is 68.4. The Balaban J connectivity index is 5.12. The number of phosphoric acid groups is 2. The second-order valence-corrected chi connectivity index (χ2v) is 31.0. The topological polar surface area (TPSA) is 237 Å². The molecule has 0 aromatic rings. The van der Waals surface area contributed by atoms with Gasteiger partial charge in [-0.2, -0.15) is 0 Å². The van der Waals surface area contributed by atoms with Crippen molar-refractivity contribution >= 4 is 39.5 Å². The van der Waals surface area contributed by atoms with Crippen molar-refractivity contribution in [3.63, 3.8) is 0 Å².